The van der Waals surface area contributed by atoms with Crippen LogP contribution < -0.4 is 0 Å². The largest absolute Gasteiger partial charge is 0.478 e. The standard InChI is InChI=1S/C19H22O2S/c1-19(2,3)17-9-7-14(8-10-17)12-22-13-15-5-4-6-16(11-15)18(20)21/h4-11H,12-13H2,1-3H3,(H,20,21). The van der Waals surface area contributed by atoms with Crippen molar-refractivity contribution in [3.8, 4) is 0 Å². The molecule has 0 fully saturated rings. The number of thioether (sulfide) groups is 1. The van der Waals surface area contributed by atoms with Gasteiger partial charge in [-0.25, -0.2) is 4.79 Å². The van der Waals surface area contributed by atoms with Gasteiger partial charge < -0.3 is 5.11 Å². The Morgan fingerprint density at radius 1 is 1.00 bits per heavy atom. The van der Waals surface area contributed by atoms with E-state index in [-0.39, 0.29) is 5.41 Å². The molecule has 2 aromatic carbocycles. The maximum absolute atomic E-state index is 11.0. The van der Waals surface area contributed by atoms with Gasteiger partial charge in [-0.15, -0.1) is 0 Å². The molecular formula is C19H22O2S. The first kappa shape index (κ1) is 16.6. The maximum atomic E-state index is 11.0. The van der Waals surface area contributed by atoms with Crippen molar-refractivity contribution in [1.29, 1.82) is 0 Å². The molecule has 2 aromatic rings. The molecule has 2 nitrogen and oxygen atoms in total. The Balaban J connectivity index is 1.91. The van der Waals surface area contributed by atoms with Crippen LogP contribution in [0.15, 0.2) is 48.5 Å². The molecule has 2 rings (SSSR count). The zero-order valence-electron chi connectivity index (χ0n) is 13.3. The van der Waals surface area contributed by atoms with Crippen molar-refractivity contribution in [3.63, 3.8) is 0 Å². The van der Waals surface area contributed by atoms with Crippen LogP contribution in [0.4, 0.5) is 0 Å². The van der Waals surface area contributed by atoms with Gasteiger partial charge in [-0.1, -0.05) is 57.2 Å². The van der Waals surface area contributed by atoms with E-state index >= 15 is 0 Å². The number of rotatable bonds is 5. The first-order chi connectivity index (χ1) is 10.4. The van der Waals surface area contributed by atoms with Crippen LogP contribution in [0.2, 0.25) is 0 Å². The molecular weight excluding hydrogens is 292 g/mol. The smallest absolute Gasteiger partial charge is 0.335 e. The average Bonchev–Trinajstić information content (AvgIpc) is 2.47. The Bertz CT molecular complexity index is 639. The Morgan fingerprint density at radius 3 is 2.23 bits per heavy atom. The maximum Gasteiger partial charge on any atom is 0.335 e. The zero-order chi connectivity index (χ0) is 16.2. The lowest BCUT2D eigenvalue weighted by atomic mass is 9.87. The van der Waals surface area contributed by atoms with E-state index in [1.165, 1.54) is 11.1 Å². The third-order valence-electron chi connectivity index (χ3n) is 3.53. The van der Waals surface area contributed by atoms with Crippen molar-refractivity contribution >= 4 is 17.7 Å². The molecule has 22 heavy (non-hydrogen) atoms. The third-order valence-corrected chi connectivity index (χ3v) is 4.61. The second kappa shape index (κ2) is 7.01. The predicted molar refractivity (Wildman–Crippen MR) is 93.5 cm³/mol. The van der Waals surface area contributed by atoms with E-state index in [2.05, 4.69) is 45.0 Å². The van der Waals surface area contributed by atoms with Gasteiger partial charge in [0.1, 0.15) is 0 Å². The lowest BCUT2D eigenvalue weighted by Gasteiger charge is -2.19. The number of hydrogen-bond acceptors (Lipinski definition) is 2. The molecule has 0 aliphatic heterocycles. The Labute approximate surface area is 136 Å². The van der Waals surface area contributed by atoms with Gasteiger partial charge in [0.2, 0.25) is 0 Å². The van der Waals surface area contributed by atoms with Crippen LogP contribution in [0.1, 0.15) is 47.8 Å². The van der Waals surface area contributed by atoms with Crippen LogP contribution >= 0.6 is 11.8 Å². The van der Waals surface area contributed by atoms with Gasteiger partial charge in [-0.3, -0.25) is 0 Å². The number of hydrogen-bond donors (Lipinski definition) is 1. The highest BCUT2D eigenvalue weighted by molar-refractivity contribution is 7.97. The lowest BCUT2D eigenvalue weighted by Crippen LogP contribution is -2.10. The van der Waals surface area contributed by atoms with Gasteiger partial charge in [0.25, 0.3) is 0 Å². The van der Waals surface area contributed by atoms with Crippen LogP contribution in [0, 0.1) is 0 Å². The number of carboxylic acid groups (broad SMARTS) is 1. The second-order valence-corrected chi connectivity index (χ2v) is 7.43. The fourth-order valence-corrected chi connectivity index (χ4v) is 3.13. The average molecular weight is 314 g/mol. The normalized spacial score (nSPS) is 11.4. The van der Waals surface area contributed by atoms with Gasteiger partial charge in [0, 0.05) is 11.5 Å². The van der Waals surface area contributed by atoms with Crippen LogP contribution in [0.5, 0.6) is 0 Å². The van der Waals surface area contributed by atoms with E-state index in [1.807, 2.05) is 6.07 Å². The molecule has 0 radical (unpaired) electrons. The molecule has 0 spiro atoms. The lowest BCUT2D eigenvalue weighted by molar-refractivity contribution is 0.0697. The van der Waals surface area contributed by atoms with Crippen molar-refractivity contribution in [2.45, 2.75) is 37.7 Å². The number of aromatic carboxylic acids is 1. The zero-order valence-corrected chi connectivity index (χ0v) is 14.1. The summed E-state index contributed by atoms with van der Waals surface area (Å²) in [6.07, 6.45) is 0. The third kappa shape index (κ3) is 4.63. The summed E-state index contributed by atoms with van der Waals surface area (Å²) in [5.74, 6) is 0.883. The van der Waals surface area contributed by atoms with E-state index in [1.54, 1.807) is 30.0 Å². The summed E-state index contributed by atoms with van der Waals surface area (Å²) < 4.78 is 0. The van der Waals surface area contributed by atoms with Gasteiger partial charge in [0.05, 0.1) is 5.56 Å². The fraction of sp³-hybridized carbons (Fsp3) is 0.316. The molecule has 0 aliphatic carbocycles. The SMILES string of the molecule is CC(C)(C)c1ccc(CSCc2cccc(C(=O)O)c2)cc1. The highest BCUT2D eigenvalue weighted by Gasteiger charge is 2.12. The van der Waals surface area contributed by atoms with Crippen LogP contribution in [0.25, 0.3) is 0 Å². The van der Waals surface area contributed by atoms with Crippen molar-refractivity contribution in [3.05, 3.63) is 70.8 Å². The van der Waals surface area contributed by atoms with Crippen molar-refractivity contribution in [2.24, 2.45) is 0 Å². The van der Waals surface area contributed by atoms with Crippen LogP contribution in [-0.4, -0.2) is 11.1 Å². The summed E-state index contributed by atoms with van der Waals surface area (Å²) in [5.41, 5.74) is 4.23. The highest BCUT2D eigenvalue weighted by Crippen LogP contribution is 2.24. The van der Waals surface area contributed by atoms with Gasteiger partial charge >= 0.3 is 5.97 Å². The number of carboxylic acids is 1. The Morgan fingerprint density at radius 2 is 1.64 bits per heavy atom. The molecule has 3 heteroatoms. The molecule has 0 saturated heterocycles. The summed E-state index contributed by atoms with van der Waals surface area (Å²) in [6.45, 7) is 6.64. The molecule has 0 amide bonds. The topological polar surface area (TPSA) is 37.3 Å². The minimum Gasteiger partial charge on any atom is -0.478 e. The first-order valence-electron chi connectivity index (χ1n) is 7.35. The number of carbonyl (C=O) groups is 1. The van der Waals surface area contributed by atoms with E-state index in [0.29, 0.717) is 5.56 Å². The van der Waals surface area contributed by atoms with E-state index in [9.17, 15) is 4.79 Å². The Kier molecular flexibility index (Phi) is 5.30. The minimum atomic E-state index is -0.871. The molecule has 1 N–H and O–H groups in total. The summed E-state index contributed by atoms with van der Waals surface area (Å²) in [5, 5.41) is 9.00. The summed E-state index contributed by atoms with van der Waals surface area (Å²) in [7, 11) is 0. The molecule has 0 bridgehead atoms. The summed E-state index contributed by atoms with van der Waals surface area (Å²) in [6, 6.07) is 15.9. The van der Waals surface area contributed by atoms with Gasteiger partial charge in [-0.2, -0.15) is 11.8 Å². The monoisotopic (exact) mass is 314 g/mol. The molecule has 0 atom stereocenters. The number of benzene rings is 2. The van der Waals surface area contributed by atoms with Gasteiger partial charge in [0.15, 0.2) is 0 Å². The molecule has 0 aliphatic rings. The quantitative estimate of drug-likeness (QED) is 0.832. The van der Waals surface area contributed by atoms with Crippen molar-refractivity contribution in [2.75, 3.05) is 0 Å². The Hall–Kier alpha value is -1.74. The van der Waals surface area contributed by atoms with E-state index < -0.39 is 5.97 Å². The minimum absolute atomic E-state index is 0.183. The summed E-state index contributed by atoms with van der Waals surface area (Å²) >= 11 is 1.80. The first-order valence-corrected chi connectivity index (χ1v) is 8.51. The van der Waals surface area contributed by atoms with Crippen LogP contribution in [0.3, 0.4) is 0 Å². The van der Waals surface area contributed by atoms with Gasteiger partial charge in [-0.05, 0) is 34.2 Å². The van der Waals surface area contributed by atoms with E-state index in [4.69, 9.17) is 5.11 Å². The second-order valence-electron chi connectivity index (χ2n) is 6.45. The molecule has 0 saturated carbocycles. The fourth-order valence-electron chi connectivity index (χ4n) is 2.18. The predicted octanol–water partition coefficient (Wildman–Crippen LogP) is 5.12. The van der Waals surface area contributed by atoms with Crippen LogP contribution in [-0.2, 0) is 16.9 Å². The molecule has 0 aromatic heterocycles. The van der Waals surface area contributed by atoms with E-state index in [0.717, 1.165) is 17.1 Å². The molecule has 0 heterocycles. The van der Waals surface area contributed by atoms with Crippen molar-refractivity contribution < 1.29 is 9.90 Å². The van der Waals surface area contributed by atoms with Crippen molar-refractivity contribution in [1.82, 2.24) is 0 Å². The molecule has 0 unspecified atom stereocenters. The summed E-state index contributed by atoms with van der Waals surface area (Å²) in [4.78, 5) is 11.0. The molecule has 116 valence electrons. The highest BCUT2D eigenvalue weighted by atomic mass is 32.2.